The summed E-state index contributed by atoms with van der Waals surface area (Å²) in [6.45, 7) is 2.82. The highest BCUT2D eigenvalue weighted by Gasteiger charge is 2.19. The van der Waals surface area contributed by atoms with E-state index in [9.17, 15) is 9.59 Å². The summed E-state index contributed by atoms with van der Waals surface area (Å²) < 4.78 is 0. The molecule has 1 aromatic rings. The smallest absolute Gasteiger partial charge is 0.317 e. The second-order valence-electron chi connectivity index (χ2n) is 4.41. The van der Waals surface area contributed by atoms with Gasteiger partial charge in [0.15, 0.2) is 0 Å². The zero-order chi connectivity index (χ0) is 13.7. The van der Waals surface area contributed by atoms with Gasteiger partial charge in [-0.2, -0.15) is 0 Å². The Morgan fingerprint density at radius 2 is 1.84 bits per heavy atom. The van der Waals surface area contributed by atoms with Gasteiger partial charge >= 0.3 is 6.03 Å². The van der Waals surface area contributed by atoms with Gasteiger partial charge in [0.1, 0.15) is 0 Å². The summed E-state index contributed by atoms with van der Waals surface area (Å²) in [4.78, 5) is 25.9. The van der Waals surface area contributed by atoms with Crippen molar-refractivity contribution in [3.8, 4) is 0 Å². The van der Waals surface area contributed by atoms with E-state index in [0.717, 1.165) is 12.0 Å². The van der Waals surface area contributed by atoms with Gasteiger partial charge in [-0.3, -0.25) is 4.79 Å². The van der Waals surface area contributed by atoms with E-state index in [-0.39, 0.29) is 6.03 Å². The zero-order valence-electron chi connectivity index (χ0n) is 10.5. The minimum atomic E-state index is -0.0968. The van der Waals surface area contributed by atoms with Gasteiger partial charge in [-0.15, -0.1) is 0 Å². The second kappa shape index (κ2) is 6.43. The first-order valence-electron chi connectivity index (χ1n) is 6.15. The van der Waals surface area contributed by atoms with E-state index in [4.69, 9.17) is 11.6 Å². The zero-order valence-corrected chi connectivity index (χ0v) is 11.3. The molecular weight excluding hydrogens is 266 g/mol. The number of carbonyl (C=O) groups excluding carboxylic acids is 2. The van der Waals surface area contributed by atoms with Crippen LogP contribution in [0.4, 0.5) is 4.79 Å². The van der Waals surface area contributed by atoms with Crippen LogP contribution in [0.1, 0.15) is 5.56 Å². The Balaban J connectivity index is 1.78. The Kier molecular flexibility index (Phi) is 4.63. The molecule has 0 spiro atoms. The molecule has 5 nitrogen and oxygen atoms in total. The number of hydrogen-bond donors (Lipinski definition) is 1. The average molecular weight is 282 g/mol. The average Bonchev–Trinajstić information content (AvgIpc) is 2.46. The van der Waals surface area contributed by atoms with E-state index in [0.29, 0.717) is 37.7 Å². The van der Waals surface area contributed by atoms with E-state index in [2.05, 4.69) is 5.32 Å². The molecule has 0 aromatic heterocycles. The highest BCUT2D eigenvalue weighted by molar-refractivity contribution is 6.30. The summed E-state index contributed by atoms with van der Waals surface area (Å²) >= 11 is 5.79. The van der Waals surface area contributed by atoms with Gasteiger partial charge in [0, 0.05) is 37.7 Å². The summed E-state index contributed by atoms with van der Waals surface area (Å²) in [5, 5.41) is 3.54. The summed E-state index contributed by atoms with van der Waals surface area (Å²) in [7, 11) is 0. The number of hydrogen-bond acceptors (Lipinski definition) is 2. The third kappa shape index (κ3) is 3.86. The summed E-state index contributed by atoms with van der Waals surface area (Å²) in [5.74, 6) is 0. The number of urea groups is 1. The van der Waals surface area contributed by atoms with Gasteiger partial charge in [-0.1, -0.05) is 23.7 Å². The molecule has 0 radical (unpaired) electrons. The van der Waals surface area contributed by atoms with Gasteiger partial charge in [-0.05, 0) is 17.7 Å². The summed E-state index contributed by atoms with van der Waals surface area (Å²) in [5.41, 5.74) is 1.00. The Hall–Kier alpha value is -1.75. The summed E-state index contributed by atoms with van der Waals surface area (Å²) in [6.07, 6.45) is 0.822. The molecule has 1 aliphatic rings. The maximum absolute atomic E-state index is 11.9. The Morgan fingerprint density at radius 3 is 2.42 bits per heavy atom. The number of nitrogens with zero attached hydrogens (tertiary/aromatic N) is 2. The maximum Gasteiger partial charge on any atom is 0.317 e. The standard InChI is InChI=1S/C13H16ClN3O2/c14-12-3-1-11(2-4-12)9-15-13(19)17-7-5-16(10-18)6-8-17/h1-4,10H,5-9H2,(H,15,19). The fraction of sp³-hybridized carbons (Fsp3) is 0.385. The van der Waals surface area contributed by atoms with Gasteiger partial charge in [0.2, 0.25) is 6.41 Å². The van der Waals surface area contributed by atoms with Crippen molar-refractivity contribution in [3.05, 3.63) is 34.9 Å². The van der Waals surface area contributed by atoms with Crippen LogP contribution in [0.25, 0.3) is 0 Å². The number of halogens is 1. The van der Waals surface area contributed by atoms with Crippen LogP contribution in [0, 0.1) is 0 Å². The van der Waals surface area contributed by atoms with Gasteiger partial charge < -0.3 is 15.1 Å². The molecule has 0 bridgehead atoms. The van der Waals surface area contributed by atoms with Gasteiger partial charge in [0.05, 0.1) is 0 Å². The number of carbonyl (C=O) groups is 2. The number of amides is 3. The summed E-state index contributed by atoms with van der Waals surface area (Å²) in [6, 6.07) is 7.26. The van der Waals surface area contributed by atoms with Crippen molar-refractivity contribution in [2.45, 2.75) is 6.54 Å². The van der Waals surface area contributed by atoms with E-state index in [1.165, 1.54) is 0 Å². The number of benzene rings is 1. The Bertz CT molecular complexity index is 442. The first-order chi connectivity index (χ1) is 9.19. The number of piperazine rings is 1. The SMILES string of the molecule is O=CN1CCN(C(=O)NCc2ccc(Cl)cc2)CC1. The van der Waals surface area contributed by atoms with Gasteiger partial charge in [0.25, 0.3) is 0 Å². The van der Waals surface area contributed by atoms with E-state index >= 15 is 0 Å². The normalized spacial score (nSPS) is 15.2. The van der Waals surface area contributed by atoms with Crippen LogP contribution in [0.5, 0.6) is 0 Å². The highest BCUT2D eigenvalue weighted by atomic mass is 35.5. The third-order valence-electron chi connectivity index (χ3n) is 3.11. The molecular formula is C13H16ClN3O2. The van der Waals surface area contributed by atoms with Crippen LogP contribution in [0.3, 0.4) is 0 Å². The van der Waals surface area contributed by atoms with Crippen molar-refractivity contribution >= 4 is 24.0 Å². The largest absolute Gasteiger partial charge is 0.342 e. The van der Waals surface area contributed by atoms with Crippen molar-refractivity contribution < 1.29 is 9.59 Å². The highest BCUT2D eigenvalue weighted by Crippen LogP contribution is 2.09. The van der Waals surface area contributed by atoms with E-state index < -0.39 is 0 Å². The molecule has 1 N–H and O–H groups in total. The topological polar surface area (TPSA) is 52.7 Å². The molecule has 2 rings (SSSR count). The predicted octanol–water partition coefficient (Wildman–Crippen LogP) is 1.32. The van der Waals surface area contributed by atoms with Crippen molar-refractivity contribution in [1.29, 1.82) is 0 Å². The molecule has 19 heavy (non-hydrogen) atoms. The molecule has 0 aliphatic carbocycles. The molecule has 0 saturated carbocycles. The molecule has 6 heteroatoms. The molecule has 1 heterocycles. The van der Waals surface area contributed by atoms with Crippen LogP contribution in [0.15, 0.2) is 24.3 Å². The minimum absolute atomic E-state index is 0.0968. The fourth-order valence-corrected chi connectivity index (χ4v) is 2.05. The van der Waals surface area contributed by atoms with Crippen molar-refractivity contribution in [3.63, 3.8) is 0 Å². The lowest BCUT2D eigenvalue weighted by Crippen LogP contribution is -2.51. The molecule has 0 atom stereocenters. The molecule has 1 aromatic carbocycles. The van der Waals surface area contributed by atoms with Gasteiger partial charge in [-0.25, -0.2) is 4.79 Å². The molecule has 1 aliphatic heterocycles. The molecule has 1 fully saturated rings. The molecule has 1 saturated heterocycles. The predicted molar refractivity (Wildman–Crippen MR) is 72.9 cm³/mol. The minimum Gasteiger partial charge on any atom is -0.342 e. The lowest BCUT2D eigenvalue weighted by molar-refractivity contribution is -0.119. The second-order valence-corrected chi connectivity index (χ2v) is 4.85. The Morgan fingerprint density at radius 1 is 1.21 bits per heavy atom. The van der Waals surface area contributed by atoms with Crippen molar-refractivity contribution in [2.75, 3.05) is 26.2 Å². The first-order valence-corrected chi connectivity index (χ1v) is 6.53. The van der Waals surface area contributed by atoms with Crippen LogP contribution < -0.4 is 5.32 Å². The van der Waals surface area contributed by atoms with E-state index in [1.807, 2.05) is 12.1 Å². The van der Waals surface area contributed by atoms with Crippen LogP contribution in [0.2, 0.25) is 5.02 Å². The number of nitrogens with one attached hydrogen (secondary N) is 1. The van der Waals surface area contributed by atoms with Crippen LogP contribution in [-0.4, -0.2) is 48.4 Å². The van der Waals surface area contributed by atoms with Crippen LogP contribution in [-0.2, 0) is 11.3 Å². The Labute approximate surface area is 117 Å². The maximum atomic E-state index is 11.9. The quantitative estimate of drug-likeness (QED) is 0.850. The first kappa shape index (κ1) is 13.7. The molecule has 3 amide bonds. The van der Waals surface area contributed by atoms with Crippen LogP contribution >= 0.6 is 11.6 Å². The lowest BCUT2D eigenvalue weighted by Gasteiger charge is -2.32. The van der Waals surface area contributed by atoms with Crippen molar-refractivity contribution in [1.82, 2.24) is 15.1 Å². The third-order valence-corrected chi connectivity index (χ3v) is 3.36. The van der Waals surface area contributed by atoms with Crippen molar-refractivity contribution in [2.24, 2.45) is 0 Å². The lowest BCUT2D eigenvalue weighted by atomic mass is 10.2. The van der Waals surface area contributed by atoms with E-state index in [1.54, 1.807) is 21.9 Å². The fourth-order valence-electron chi connectivity index (χ4n) is 1.92. The monoisotopic (exact) mass is 281 g/mol. The molecule has 102 valence electrons. The number of rotatable bonds is 3. The molecule has 0 unspecified atom stereocenters.